The summed E-state index contributed by atoms with van der Waals surface area (Å²) in [5.41, 5.74) is 0.00280. The number of halogens is 3. The lowest BCUT2D eigenvalue weighted by Crippen LogP contribution is -2.13. The molecule has 1 aromatic carbocycles. The van der Waals surface area contributed by atoms with Crippen LogP contribution in [-0.4, -0.2) is 11.7 Å². The van der Waals surface area contributed by atoms with E-state index in [1.165, 1.54) is 17.4 Å². The van der Waals surface area contributed by atoms with Gasteiger partial charge in [-0.3, -0.25) is 0 Å². The Kier molecular flexibility index (Phi) is 4.50. The minimum Gasteiger partial charge on any atom is -0.387 e. The zero-order valence-electron chi connectivity index (χ0n) is 10.7. The average molecular weight is 312 g/mol. The van der Waals surface area contributed by atoms with Gasteiger partial charge in [-0.05, 0) is 40.6 Å². The van der Waals surface area contributed by atoms with Crippen molar-refractivity contribution in [3.8, 4) is 6.07 Å². The van der Waals surface area contributed by atoms with Crippen LogP contribution in [0, 0.1) is 11.3 Å². The number of thiophene rings is 1. The highest BCUT2D eigenvalue weighted by Gasteiger charge is 2.31. The van der Waals surface area contributed by atoms with Crippen LogP contribution in [0.1, 0.15) is 22.8 Å². The third kappa shape index (κ3) is 3.74. The maximum Gasteiger partial charge on any atom is 0.416 e. The first-order chi connectivity index (χ1) is 9.91. The van der Waals surface area contributed by atoms with Gasteiger partial charge in [0.1, 0.15) is 6.07 Å². The summed E-state index contributed by atoms with van der Waals surface area (Å²) in [7, 11) is 0. The van der Waals surface area contributed by atoms with Crippen LogP contribution in [0.3, 0.4) is 0 Å². The summed E-state index contributed by atoms with van der Waals surface area (Å²) in [5, 5.41) is 25.2. The number of nitrogens with one attached hydrogen (secondary N) is 1. The summed E-state index contributed by atoms with van der Waals surface area (Å²) in [5.74, 6) is 0. The van der Waals surface area contributed by atoms with Crippen molar-refractivity contribution in [2.75, 3.05) is 11.9 Å². The summed E-state index contributed by atoms with van der Waals surface area (Å²) in [4.78, 5) is 0. The van der Waals surface area contributed by atoms with Gasteiger partial charge < -0.3 is 10.4 Å². The van der Waals surface area contributed by atoms with Gasteiger partial charge >= 0.3 is 6.18 Å². The third-order valence-electron chi connectivity index (χ3n) is 2.88. The molecule has 0 spiro atoms. The Hall–Kier alpha value is -2.04. The fourth-order valence-electron chi connectivity index (χ4n) is 1.76. The molecule has 3 nitrogen and oxygen atoms in total. The Morgan fingerprint density at radius 2 is 2.10 bits per heavy atom. The first-order valence-electron chi connectivity index (χ1n) is 5.97. The van der Waals surface area contributed by atoms with Crippen molar-refractivity contribution in [2.45, 2.75) is 12.3 Å². The van der Waals surface area contributed by atoms with E-state index in [4.69, 9.17) is 5.26 Å². The van der Waals surface area contributed by atoms with E-state index in [2.05, 4.69) is 5.32 Å². The molecular formula is C14H11F3N2OS. The first kappa shape index (κ1) is 15.4. The van der Waals surface area contributed by atoms with Crippen molar-refractivity contribution in [1.29, 1.82) is 5.26 Å². The summed E-state index contributed by atoms with van der Waals surface area (Å²) in [6.45, 7) is 0.108. The zero-order valence-corrected chi connectivity index (χ0v) is 11.5. The number of rotatable bonds is 4. The number of anilines is 1. The van der Waals surface area contributed by atoms with Gasteiger partial charge in [0.05, 0.1) is 22.9 Å². The summed E-state index contributed by atoms with van der Waals surface area (Å²) in [6, 6.07) is 6.37. The number of benzene rings is 1. The first-order valence-corrected chi connectivity index (χ1v) is 6.91. The molecule has 1 heterocycles. The molecule has 0 saturated carbocycles. The minimum absolute atomic E-state index is 0.108. The maximum atomic E-state index is 12.6. The van der Waals surface area contributed by atoms with Crippen LogP contribution >= 0.6 is 11.3 Å². The second kappa shape index (κ2) is 6.16. The predicted octanol–water partition coefficient (Wildman–Crippen LogP) is 3.78. The summed E-state index contributed by atoms with van der Waals surface area (Å²) in [6.07, 6.45) is -5.27. The highest BCUT2D eigenvalue weighted by molar-refractivity contribution is 7.07. The van der Waals surface area contributed by atoms with Gasteiger partial charge in [-0.25, -0.2) is 0 Å². The monoisotopic (exact) mass is 312 g/mol. The van der Waals surface area contributed by atoms with E-state index in [0.717, 1.165) is 17.7 Å². The molecule has 0 bridgehead atoms. The molecule has 1 aromatic heterocycles. The number of aliphatic hydroxyl groups is 1. The van der Waals surface area contributed by atoms with Crippen molar-refractivity contribution in [1.82, 2.24) is 0 Å². The molecule has 0 aliphatic heterocycles. The standard InChI is InChI=1S/C14H11F3N2OS/c15-14(16,17)11-1-2-12(10(5-11)6-18)19-7-13(20)9-3-4-21-8-9/h1-5,8,13,19-20H,7H2. The topological polar surface area (TPSA) is 56.0 Å². The van der Waals surface area contributed by atoms with E-state index >= 15 is 0 Å². The van der Waals surface area contributed by atoms with Crippen LogP contribution < -0.4 is 5.32 Å². The van der Waals surface area contributed by atoms with Crippen LogP contribution in [-0.2, 0) is 6.18 Å². The van der Waals surface area contributed by atoms with Crippen LogP contribution in [0.15, 0.2) is 35.0 Å². The number of nitriles is 1. The molecular weight excluding hydrogens is 301 g/mol. The van der Waals surface area contributed by atoms with Gasteiger partial charge in [0.2, 0.25) is 0 Å². The lowest BCUT2D eigenvalue weighted by Gasteiger charge is -2.14. The Balaban J connectivity index is 2.12. The van der Waals surface area contributed by atoms with Crippen LogP contribution in [0.5, 0.6) is 0 Å². The molecule has 110 valence electrons. The smallest absolute Gasteiger partial charge is 0.387 e. The number of nitrogens with zero attached hydrogens (tertiary/aromatic N) is 1. The number of hydrogen-bond donors (Lipinski definition) is 2. The van der Waals surface area contributed by atoms with Gasteiger partial charge in [-0.1, -0.05) is 0 Å². The predicted molar refractivity (Wildman–Crippen MR) is 73.9 cm³/mol. The van der Waals surface area contributed by atoms with Gasteiger partial charge in [-0.15, -0.1) is 0 Å². The minimum atomic E-state index is -4.49. The largest absolute Gasteiger partial charge is 0.416 e. The number of aliphatic hydroxyl groups excluding tert-OH is 1. The molecule has 0 saturated heterocycles. The SMILES string of the molecule is N#Cc1cc(C(F)(F)F)ccc1NCC(O)c1ccsc1. The molecule has 0 fully saturated rings. The fraction of sp³-hybridized carbons (Fsp3) is 0.214. The Labute approximate surface area is 123 Å². The van der Waals surface area contributed by atoms with Crippen molar-refractivity contribution in [2.24, 2.45) is 0 Å². The van der Waals surface area contributed by atoms with E-state index in [-0.39, 0.29) is 17.8 Å². The molecule has 2 rings (SSSR count). The molecule has 0 aliphatic carbocycles. The quantitative estimate of drug-likeness (QED) is 0.903. The van der Waals surface area contributed by atoms with Crippen LogP contribution in [0.4, 0.5) is 18.9 Å². The lowest BCUT2D eigenvalue weighted by molar-refractivity contribution is -0.137. The van der Waals surface area contributed by atoms with Gasteiger partial charge in [0.25, 0.3) is 0 Å². The molecule has 2 N–H and O–H groups in total. The molecule has 1 atom stereocenters. The number of hydrogen-bond acceptors (Lipinski definition) is 4. The molecule has 7 heteroatoms. The zero-order chi connectivity index (χ0) is 15.5. The van der Waals surface area contributed by atoms with Crippen LogP contribution in [0.25, 0.3) is 0 Å². The second-order valence-corrected chi connectivity index (χ2v) is 5.10. The fourth-order valence-corrected chi connectivity index (χ4v) is 2.46. The average Bonchev–Trinajstić information content (AvgIpc) is 2.97. The van der Waals surface area contributed by atoms with Gasteiger partial charge in [0.15, 0.2) is 0 Å². The van der Waals surface area contributed by atoms with Crippen molar-refractivity contribution in [3.05, 3.63) is 51.7 Å². The van der Waals surface area contributed by atoms with E-state index in [1.54, 1.807) is 17.5 Å². The van der Waals surface area contributed by atoms with Crippen LogP contribution in [0.2, 0.25) is 0 Å². The molecule has 0 amide bonds. The van der Waals surface area contributed by atoms with Crippen molar-refractivity contribution >= 4 is 17.0 Å². The summed E-state index contributed by atoms with van der Waals surface area (Å²) >= 11 is 1.44. The normalized spacial score (nSPS) is 12.7. The van der Waals surface area contributed by atoms with Gasteiger partial charge in [0, 0.05) is 6.54 Å². The van der Waals surface area contributed by atoms with E-state index in [0.29, 0.717) is 0 Å². The van der Waals surface area contributed by atoms with E-state index < -0.39 is 17.8 Å². The Morgan fingerprint density at radius 1 is 1.33 bits per heavy atom. The summed E-state index contributed by atoms with van der Waals surface area (Å²) < 4.78 is 37.7. The maximum absolute atomic E-state index is 12.6. The molecule has 0 radical (unpaired) electrons. The highest BCUT2D eigenvalue weighted by Crippen LogP contribution is 2.31. The lowest BCUT2D eigenvalue weighted by atomic mass is 10.1. The van der Waals surface area contributed by atoms with E-state index in [1.807, 2.05) is 5.38 Å². The van der Waals surface area contributed by atoms with Gasteiger partial charge in [-0.2, -0.15) is 29.8 Å². The Morgan fingerprint density at radius 3 is 2.67 bits per heavy atom. The highest BCUT2D eigenvalue weighted by atomic mass is 32.1. The van der Waals surface area contributed by atoms with Crippen molar-refractivity contribution in [3.63, 3.8) is 0 Å². The third-order valence-corrected chi connectivity index (χ3v) is 3.58. The van der Waals surface area contributed by atoms with Crippen molar-refractivity contribution < 1.29 is 18.3 Å². The number of alkyl halides is 3. The molecule has 0 aliphatic rings. The molecule has 2 aromatic rings. The second-order valence-electron chi connectivity index (χ2n) is 4.32. The van der Waals surface area contributed by atoms with E-state index in [9.17, 15) is 18.3 Å². The Bertz CT molecular complexity index is 647. The molecule has 1 unspecified atom stereocenters. The molecule has 21 heavy (non-hydrogen) atoms.